The zero-order valence-electron chi connectivity index (χ0n) is 12.9. The molecule has 0 aliphatic rings. The van der Waals surface area contributed by atoms with Gasteiger partial charge in [0.15, 0.2) is 0 Å². The number of unbranched alkanes of at least 4 members (excludes halogenated alkanes) is 8. The zero-order chi connectivity index (χ0) is 14.2. The topological polar surface area (TPSA) is 52.5 Å². The highest BCUT2D eigenvalue weighted by Gasteiger charge is 2.06. The van der Waals surface area contributed by atoms with E-state index in [1.54, 1.807) is 0 Å². The first-order valence-corrected chi connectivity index (χ1v) is 8.30. The molecule has 0 amide bonds. The molecule has 0 aliphatic heterocycles. The molecule has 0 aromatic rings. The Hall–Kier alpha value is -0.120. The molecule has 0 bridgehead atoms. The number of hydrogen-bond acceptors (Lipinski definition) is 3. The van der Waals surface area contributed by atoms with Gasteiger partial charge in [-0.25, -0.2) is 0 Å². The summed E-state index contributed by atoms with van der Waals surface area (Å²) < 4.78 is 0. The largest absolute Gasteiger partial charge is 0.396 e. The van der Waals surface area contributed by atoms with Crippen molar-refractivity contribution < 1.29 is 10.2 Å². The van der Waals surface area contributed by atoms with Crippen molar-refractivity contribution in [1.29, 1.82) is 0 Å². The van der Waals surface area contributed by atoms with Crippen LogP contribution in [0.15, 0.2) is 0 Å². The molecule has 0 aromatic heterocycles. The van der Waals surface area contributed by atoms with Gasteiger partial charge in [0.2, 0.25) is 0 Å². The predicted molar refractivity (Wildman–Crippen MR) is 82.4 cm³/mol. The molecule has 1 atom stereocenters. The number of nitrogens with one attached hydrogen (secondary N) is 1. The molecule has 0 fully saturated rings. The minimum absolute atomic E-state index is 0.180. The van der Waals surface area contributed by atoms with Gasteiger partial charge >= 0.3 is 0 Å². The van der Waals surface area contributed by atoms with Gasteiger partial charge in [-0.15, -0.1) is 0 Å². The van der Waals surface area contributed by atoms with E-state index in [1.165, 1.54) is 57.8 Å². The van der Waals surface area contributed by atoms with Crippen LogP contribution >= 0.6 is 0 Å². The Morgan fingerprint density at radius 3 is 1.84 bits per heavy atom. The average molecular weight is 273 g/mol. The molecule has 0 aliphatic carbocycles. The second kappa shape index (κ2) is 15.9. The molecule has 0 saturated heterocycles. The Balaban J connectivity index is 3.29. The molecule has 1 unspecified atom stereocenters. The van der Waals surface area contributed by atoms with Gasteiger partial charge in [0.05, 0.1) is 6.61 Å². The van der Waals surface area contributed by atoms with E-state index in [-0.39, 0.29) is 13.2 Å². The molecule has 0 saturated carbocycles. The summed E-state index contributed by atoms with van der Waals surface area (Å²) in [5.41, 5.74) is 0. The van der Waals surface area contributed by atoms with Crippen molar-refractivity contribution in [3.63, 3.8) is 0 Å². The minimum atomic E-state index is 0.180. The lowest BCUT2D eigenvalue weighted by molar-refractivity contribution is 0.242. The maximum atomic E-state index is 8.98. The van der Waals surface area contributed by atoms with Gasteiger partial charge in [0, 0.05) is 19.2 Å². The third-order valence-corrected chi connectivity index (χ3v) is 3.68. The molecule has 116 valence electrons. The fourth-order valence-electron chi connectivity index (χ4n) is 2.47. The SMILES string of the molecule is CCCCCCCCCCCC(CCO)NCCO. The molecule has 0 spiro atoms. The number of aliphatic hydroxyl groups excluding tert-OH is 2. The van der Waals surface area contributed by atoms with Crippen LogP contribution in [0.2, 0.25) is 0 Å². The molecular formula is C16H35NO2. The van der Waals surface area contributed by atoms with E-state index in [4.69, 9.17) is 10.2 Å². The van der Waals surface area contributed by atoms with Gasteiger partial charge in [-0.1, -0.05) is 64.7 Å². The summed E-state index contributed by atoms with van der Waals surface area (Å²) >= 11 is 0. The third kappa shape index (κ3) is 14.1. The van der Waals surface area contributed by atoms with Gasteiger partial charge in [-0.2, -0.15) is 0 Å². The van der Waals surface area contributed by atoms with Crippen LogP contribution in [0.25, 0.3) is 0 Å². The van der Waals surface area contributed by atoms with Crippen molar-refractivity contribution in [2.75, 3.05) is 19.8 Å². The number of rotatable bonds is 15. The predicted octanol–water partition coefficient (Wildman–Crippen LogP) is 3.24. The van der Waals surface area contributed by atoms with Crippen LogP contribution in [-0.4, -0.2) is 36.0 Å². The molecule has 0 aromatic carbocycles. The second-order valence-corrected chi connectivity index (χ2v) is 5.50. The van der Waals surface area contributed by atoms with Gasteiger partial charge in [-0.3, -0.25) is 0 Å². The zero-order valence-corrected chi connectivity index (χ0v) is 12.9. The van der Waals surface area contributed by atoms with Crippen LogP contribution in [0.1, 0.15) is 77.6 Å². The van der Waals surface area contributed by atoms with E-state index in [2.05, 4.69) is 12.2 Å². The van der Waals surface area contributed by atoms with Gasteiger partial charge in [0.1, 0.15) is 0 Å². The molecule has 3 nitrogen and oxygen atoms in total. The second-order valence-electron chi connectivity index (χ2n) is 5.50. The van der Waals surface area contributed by atoms with Crippen molar-refractivity contribution in [3.8, 4) is 0 Å². The highest BCUT2D eigenvalue weighted by atomic mass is 16.3. The van der Waals surface area contributed by atoms with Crippen LogP contribution in [0.5, 0.6) is 0 Å². The fraction of sp³-hybridized carbons (Fsp3) is 1.00. The van der Waals surface area contributed by atoms with Gasteiger partial charge < -0.3 is 15.5 Å². The van der Waals surface area contributed by atoms with E-state index >= 15 is 0 Å². The highest BCUT2D eigenvalue weighted by Crippen LogP contribution is 2.12. The van der Waals surface area contributed by atoms with Gasteiger partial charge in [0.25, 0.3) is 0 Å². The monoisotopic (exact) mass is 273 g/mol. The molecule has 19 heavy (non-hydrogen) atoms. The summed E-state index contributed by atoms with van der Waals surface area (Å²) in [5, 5.41) is 21.1. The average Bonchev–Trinajstić information content (AvgIpc) is 2.42. The van der Waals surface area contributed by atoms with Crippen LogP contribution < -0.4 is 5.32 Å². The molecular weight excluding hydrogens is 238 g/mol. The van der Waals surface area contributed by atoms with Crippen molar-refractivity contribution in [1.82, 2.24) is 5.32 Å². The van der Waals surface area contributed by atoms with Crippen molar-refractivity contribution in [3.05, 3.63) is 0 Å². The van der Waals surface area contributed by atoms with E-state index in [1.807, 2.05) is 0 Å². The lowest BCUT2D eigenvalue weighted by Crippen LogP contribution is -2.32. The third-order valence-electron chi connectivity index (χ3n) is 3.68. The van der Waals surface area contributed by atoms with E-state index in [0.717, 1.165) is 12.8 Å². The summed E-state index contributed by atoms with van der Waals surface area (Å²) in [5.74, 6) is 0. The normalized spacial score (nSPS) is 12.8. The Labute approximate surface area is 119 Å². The summed E-state index contributed by atoms with van der Waals surface area (Å²) in [6.45, 7) is 3.32. The number of hydrogen-bond donors (Lipinski definition) is 3. The van der Waals surface area contributed by atoms with Crippen LogP contribution in [0.3, 0.4) is 0 Å². The maximum absolute atomic E-state index is 8.98. The van der Waals surface area contributed by atoms with Crippen LogP contribution in [0, 0.1) is 0 Å². The lowest BCUT2D eigenvalue weighted by Gasteiger charge is -2.16. The Morgan fingerprint density at radius 1 is 0.737 bits per heavy atom. The smallest absolute Gasteiger partial charge is 0.0556 e. The summed E-state index contributed by atoms with van der Waals surface area (Å²) in [6.07, 6.45) is 14.1. The Bertz CT molecular complexity index is 165. The Kier molecular flexibility index (Phi) is 15.8. The van der Waals surface area contributed by atoms with E-state index in [0.29, 0.717) is 12.6 Å². The number of aliphatic hydroxyl groups is 2. The maximum Gasteiger partial charge on any atom is 0.0556 e. The molecule has 0 rings (SSSR count). The quantitative estimate of drug-likeness (QED) is 0.401. The summed E-state index contributed by atoms with van der Waals surface area (Å²) in [7, 11) is 0. The minimum Gasteiger partial charge on any atom is -0.396 e. The molecule has 0 radical (unpaired) electrons. The first-order valence-electron chi connectivity index (χ1n) is 8.30. The van der Waals surface area contributed by atoms with Crippen LogP contribution in [0.4, 0.5) is 0 Å². The standard InChI is InChI=1S/C16H35NO2/c1-2-3-4-5-6-7-8-9-10-11-16(12-14-18)17-13-15-19/h16-19H,2-15H2,1H3. The van der Waals surface area contributed by atoms with Crippen molar-refractivity contribution in [2.45, 2.75) is 83.6 Å². The van der Waals surface area contributed by atoms with E-state index in [9.17, 15) is 0 Å². The summed E-state index contributed by atoms with van der Waals surface area (Å²) in [6, 6.07) is 0.377. The van der Waals surface area contributed by atoms with Crippen LogP contribution in [-0.2, 0) is 0 Å². The fourth-order valence-corrected chi connectivity index (χ4v) is 2.47. The first kappa shape index (κ1) is 18.9. The molecule has 0 heterocycles. The molecule has 3 N–H and O–H groups in total. The lowest BCUT2D eigenvalue weighted by atomic mass is 10.0. The van der Waals surface area contributed by atoms with Crippen molar-refractivity contribution >= 4 is 0 Å². The first-order chi connectivity index (χ1) is 9.35. The summed E-state index contributed by atoms with van der Waals surface area (Å²) in [4.78, 5) is 0. The highest BCUT2D eigenvalue weighted by molar-refractivity contribution is 4.66. The van der Waals surface area contributed by atoms with E-state index < -0.39 is 0 Å². The van der Waals surface area contributed by atoms with Gasteiger partial charge in [-0.05, 0) is 12.8 Å². The Morgan fingerprint density at radius 2 is 1.32 bits per heavy atom. The molecule has 3 heteroatoms. The van der Waals surface area contributed by atoms with Crippen molar-refractivity contribution in [2.24, 2.45) is 0 Å².